The molecule has 3 atom stereocenters. The van der Waals surface area contributed by atoms with Crippen molar-refractivity contribution in [2.45, 2.75) is 77.6 Å². The van der Waals surface area contributed by atoms with E-state index in [-0.39, 0.29) is 12.3 Å². The monoisotopic (exact) mass is 551 g/mol. The third kappa shape index (κ3) is 10.8. The zero-order valence-electron chi connectivity index (χ0n) is 23.1. The van der Waals surface area contributed by atoms with Gasteiger partial charge in [-0.2, -0.15) is 11.8 Å². The van der Waals surface area contributed by atoms with Crippen molar-refractivity contribution in [3.8, 4) is 5.75 Å². The fraction of sp³-hybridized carbons (Fsp3) is 0.630. The number of ether oxygens (including phenoxy) is 3. The first-order valence-corrected chi connectivity index (χ1v) is 14.0. The van der Waals surface area contributed by atoms with Crippen molar-refractivity contribution in [1.82, 2.24) is 16.0 Å². The quantitative estimate of drug-likeness (QED) is 0.489. The number of alkyl carbamates (subject to hydrolysis) is 1. The number of benzene rings is 1. The Morgan fingerprint density at radius 2 is 1.76 bits per heavy atom. The average molecular weight is 552 g/mol. The number of esters is 1. The summed E-state index contributed by atoms with van der Waals surface area (Å²) < 4.78 is 16.1. The second-order valence-electron chi connectivity index (χ2n) is 10.5. The summed E-state index contributed by atoms with van der Waals surface area (Å²) in [5, 5.41) is 8.13. The van der Waals surface area contributed by atoms with Gasteiger partial charge in [0.2, 0.25) is 11.8 Å². The molecule has 11 heteroatoms. The van der Waals surface area contributed by atoms with Gasteiger partial charge in [0.1, 0.15) is 29.5 Å². The van der Waals surface area contributed by atoms with Crippen LogP contribution >= 0.6 is 11.8 Å². The average Bonchev–Trinajstić information content (AvgIpc) is 2.83. The zero-order chi connectivity index (χ0) is 28.3. The Hall–Kier alpha value is -2.95. The summed E-state index contributed by atoms with van der Waals surface area (Å²) in [6.45, 7) is 9.30. The Balaban J connectivity index is 2.33. The van der Waals surface area contributed by atoms with E-state index in [1.165, 1.54) is 18.9 Å². The molecule has 0 saturated heterocycles. The first kappa shape index (κ1) is 31.3. The molecule has 0 unspecified atom stereocenters. The summed E-state index contributed by atoms with van der Waals surface area (Å²) in [6.07, 6.45) is 1.14. The number of methoxy groups -OCH3 is 1. The molecule has 3 N–H and O–H groups in total. The molecular weight excluding hydrogens is 510 g/mol. The third-order valence-electron chi connectivity index (χ3n) is 5.66. The van der Waals surface area contributed by atoms with Crippen molar-refractivity contribution in [2.75, 3.05) is 25.2 Å². The highest BCUT2D eigenvalue weighted by Gasteiger charge is 2.32. The number of rotatable bonds is 3. The molecule has 2 heterocycles. The highest BCUT2D eigenvalue weighted by molar-refractivity contribution is 7.99. The largest absolute Gasteiger partial charge is 0.494 e. The molecule has 2 aliphatic heterocycles. The number of hydrogen-bond acceptors (Lipinski definition) is 8. The highest BCUT2D eigenvalue weighted by atomic mass is 32.2. The van der Waals surface area contributed by atoms with Crippen molar-refractivity contribution >= 4 is 35.6 Å². The van der Waals surface area contributed by atoms with Gasteiger partial charge in [-0.05, 0) is 63.0 Å². The third-order valence-corrected chi connectivity index (χ3v) is 6.80. The second kappa shape index (κ2) is 14.8. The van der Waals surface area contributed by atoms with Gasteiger partial charge in [-0.15, -0.1) is 0 Å². The summed E-state index contributed by atoms with van der Waals surface area (Å²) in [5.74, 6) is -0.0721. The van der Waals surface area contributed by atoms with Gasteiger partial charge >= 0.3 is 12.1 Å². The fourth-order valence-electron chi connectivity index (χ4n) is 3.68. The van der Waals surface area contributed by atoms with Crippen LogP contribution in [0.15, 0.2) is 24.3 Å². The van der Waals surface area contributed by atoms with Gasteiger partial charge in [0.15, 0.2) is 0 Å². The molecule has 0 aromatic heterocycles. The lowest BCUT2D eigenvalue weighted by Crippen LogP contribution is -2.58. The lowest BCUT2D eigenvalue weighted by molar-refractivity contribution is -0.144. The topological polar surface area (TPSA) is 132 Å². The van der Waals surface area contributed by atoms with Crippen molar-refractivity contribution in [3.63, 3.8) is 0 Å². The van der Waals surface area contributed by atoms with E-state index < -0.39 is 47.6 Å². The highest BCUT2D eigenvalue weighted by Crippen LogP contribution is 2.16. The van der Waals surface area contributed by atoms with E-state index in [9.17, 15) is 19.2 Å². The van der Waals surface area contributed by atoms with E-state index in [4.69, 9.17) is 14.2 Å². The van der Waals surface area contributed by atoms with Crippen molar-refractivity contribution < 1.29 is 33.4 Å². The second-order valence-corrected chi connectivity index (χ2v) is 11.6. The Labute approximate surface area is 229 Å². The maximum absolute atomic E-state index is 13.4. The molecule has 0 radical (unpaired) electrons. The van der Waals surface area contributed by atoms with Gasteiger partial charge in [-0.1, -0.05) is 26.0 Å². The maximum atomic E-state index is 13.4. The number of carbonyl (C=O) groups excluding carboxylic acids is 4. The van der Waals surface area contributed by atoms with Crippen molar-refractivity contribution in [3.05, 3.63) is 29.8 Å². The Kier molecular flexibility index (Phi) is 12.2. The minimum absolute atomic E-state index is 0.166. The minimum Gasteiger partial charge on any atom is -0.494 e. The van der Waals surface area contributed by atoms with Gasteiger partial charge < -0.3 is 30.2 Å². The molecule has 0 spiro atoms. The number of hydrogen-bond donors (Lipinski definition) is 3. The summed E-state index contributed by atoms with van der Waals surface area (Å²) in [5.41, 5.74) is 0.0360. The standard InChI is InChI=1S/C27H41N3O7S/c1-17(2)22-24(32)28-21(25(33)35-6)16-38-14-8-7-13-36-19-11-9-18(10-12-19)15-20(23(31)30-22)29-26(34)37-27(3,4)5/h9-12,17,20-22H,7-8,13-16H2,1-6H3,(H,28,32)(H,29,34)(H,30,31)/t20-,21-,22-/m0/s1. The molecule has 212 valence electrons. The van der Waals surface area contributed by atoms with Crippen LogP contribution in [0.25, 0.3) is 0 Å². The summed E-state index contributed by atoms with van der Waals surface area (Å²) in [4.78, 5) is 51.5. The van der Waals surface area contributed by atoms with Crippen LogP contribution in [0.3, 0.4) is 0 Å². The van der Waals surface area contributed by atoms with E-state index in [2.05, 4.69) is 16.0 Å². The molecule has 1 aromatic carbocycles. The van der Waals surface area contributed by atoms with Gasteiger partial charge in [-0.3, -0.25) is 9.59 Å². The Bertz CT molecular complexity index is 947. The summed E-state index contributed by atoms with van der Waals surface area (Å²) in [6, 6.07) is 4.51. The van der Waals surface area contributed by atoms with E-state index in [1.807, 2.05) is 24.3 Å². The van der Waals surface area contributed by atoms with Gasteiger partial charge in [0, 0.05) is 12.2 Å². The lowest BCUT2D eigenvalue weighted by Gasteiger charge is -2.27. The predicted molar refractivity (Wildman–Crippen MR) is 146 cm³/mol. The van der Waals surface area contributed by atoms with Crippen LogP contribution in [0.5, 0.6) is 5.75 Å². The van der Waals surface area contributed by atoms with Crippen LogP contribution in [0.2, 0.25) is 0 Å². The molecule has 3 amide bonds. The van der Waals surface area contributed by atoms with Crippen LogP contribution in [-0.2, 0) is 30.3 Å². The SMILES string of the molecule is COC(=O)[C@@H]1CSCCCCOc2ccc(cc2)C[C@H](NC(=O)OC(C)(C)C)C(=O)N[C@@H](C(C)C)C(=O)N1. The smallest absolute Gasteiger partial charge is 0.408 e. The first-order valence-electron chi connectivity index (χ1n) is 12.9. The number of carbonyl (C=O) groups is 4. The first-order chi connectivity index (χ1) is 17.9. The normalized spacial score (nSPS) is 22.1. The van der Waals surface area contributed by atoms with E-state index >= 15 is 0 Å². The van der Waals surface area contributed by atoms with Crippen molar-refractivity contribution in [2.24, 2.45) is 5.92 Å². The Morgan fingerprint density at radius 3 is 2.37 bits per heavy atom. The number of thioether (sulfide) groups is 1. The molecule has 3 rings (SSSR count). The molecule has 0 fully saturated rings. The number of nitrogens with one attached hydrogen (secondary N) is 3. The molecule has 0 aliphatic carbocycles. The van der Waals surface area contributed by atoms with E-state index in [0.29, 0.717) is 18.1 Å². The number of amides is 3. The zero-order valence-corrected chi connectivity index (χ0v) is 23.9. The van der Waals surface area contributed by atoms with Gasteiger partial charge in [0.05, 0.1) is 13.7 Å². The van der Waals surface area contributed by atoms with Crippen LogP contribution in [0.4, 0.5) is 4.79 Å². The van der Waals surface area contributed by atoms with Crippen molar-refractivity contribution in [1.29, 1.82) is 0 Å². The van der Waals surface area contributed by atoms with Crippen LogP contribution in [0.1, 0.15) is 53.0 Å². The van der Waals surface area contributed by atoms with Gasteiger partial charge in [0.25, 0.3) is 0 Å². The lowest BCUT2D eigenvalue weighted by atomic mass is 10.0. The maximum Gasteiger partial charge on any atom is 0.408 e. The molecule has 38 heavy (non-hydrogen) atoms. The van der Waals surface area contributed by atoms with E-state index in [1.54, 1.807) is 34.6 Å². The van der Waals surface area contributed by atoms with Crippen LogP contribution in [-0.4, -0.2) is 72.8 Å². The molecule has 1 aromatic rings. The van der Waals surface area contributed by atoms with Crippen LogP contribution in [0, 0.1) is 5.92 Å². The number of fused-ring (bicyclic) bond motifs is 16. The van der Waals surface area contributed by atoms with E-state index in [0.717, 1.165) is 24.2 Å². The minimum atomic E-state index is -1.01. The van der Waals surface area contributed by atoms with Gasteiger partial charge in [-0.25, -0.2) is 9.59 Å². The molecular formula is C27H41N3O7S. The molecule has 2 aliphatic rings. The fourth-order valence-corrected chi connectivity index (χ4v) is 4.71. The summed E-state index contributed by atoms with van der Waals surface area (Å²) >= 11 is 1.53. The van der Waals surface area contributed by atoms with Crippen LogP contribution < -0.4 is 20.7 Å². The molecule has 2 bridgehead atoms. The molecule has 10 nitrogen and oxygen atoms in total. The summed E-state index contributed by atoms with van der Waals surface area (Å²) in [7, 11) is 1.27. The predicted octanol–water partition coefficient (Wildman–Crippen LogP) is 2.83. The Morgan fingerprint density at radius 1 is 1.08 bits per heavy atom. The molecule has 0 saturated carbocycles.